The largest absolute Gasteiger partial charge is 0.351 e. The smallest absolute Gasteiger partial charge is 0.275 e. The average molecular weight is 343 g/mol. The van der Waals surface area contributed by atoms with Crippen molar-refractivity contribution < 1.29 is 4.79 Å². The second-order valence-electron chi connectivity index (χ2n) is 8.15. The fourth-order valence-electron chi connectivity index (χ4n) is 2.84. The van der Waals surface area contributed by atoms with Crippen LogP contribution >= 0.6 is 0 Å². The van der Waals surface area contributed by atoms with Crippen LogP contribution in [-0.4, -0.2) is 21.7 Å². The Balaban J connectivity index is 2.13. The summed E-state index contributed by atoms with van der Waals surface area (Å²) >= 11 is 0. The molecule has 0 saturated carbocycles. The van der Waals surface area contributed by atoms with Crippen LogP contribution < -0.4 is 10.9 Å². The molecule has 25 heavy (non-hydrogen) atoms. The van der Waals surface area contributed by atoms with Crippen LogP contribution in [0.3, 0.4) is 0 Å². The molecule has 0 saturated heterocycles. The van der Waals surface area contributed by atoms with Crippen molar-refractivity contribution in [3.05, 3.63) is 40.8 Å². The van der Waals surface area contributed by atoms with E-state index >= 15 is 0 Å². The molecule has 2 rings (SSSR count). The normalized spacial score (nSPS) is 13.2. The van der Waals surface area contributed by atoms with E-state index in [1.165, 1.54) is 4.68 Å². The van der Waals surface area contributed by atoms with Crippen LogP contribution in [0.15, 0.2) is 35.3 Å². The van der Waals surface area contributed by atoms with Gasteiger partial charge in [0.05, 0.1) is 11.6 Å². The average Bonchev–Trinajstić information content (AvgIpc) is 2.53. The first-order chi connectivity index (χ1) is 11.7. The van der Waals surface area contributed by atoms with E-state index < -0.39 is 0 Å². The van der Waals surface area contributed by atoms with Gasteiger partial charge in [-0.15, -0.1) is 0 Å². The molecule has 0 aliphatic carbocycles. The molecule has 0 radical (unpaired) electrons. The summed E-state index contributed by atoms with van der Waals surface area (Å²) in [4.78, 5) is 25.0. The molecule has 0 fully saturated rings. The molecule has 1 aromatic heterocycles. The Morgan fingerprint density at radius 3 is 2.52 bits per heavy atom. The lowest BCUT2D eigenvalue weighted by atomic mass is 9.83. The Bertz CT molecular complexity index is 787. The summed E-state index contributed by atoms with van der Waals surface area (Å²) in [6, 6.07) is 7.35. The molecule has 5 heteroatoms. The summed E-state index contributed by atoms with van der Waals surface area (Å²) in [6.07, 6.45) is 3.60. The van der Waals surface area contributed by atoms with Crippen LogP contribution in [0.1, 0.15) is 47.5 Å². The summed E-state index contributed by atoms with van der Waals surface area (Å²) in [5.74, 6) is 0.417. The fourth-order valence-corrected chi connectivity index (χ4v) is 2.84. The number of carbonyl (C=O) groups is 1. The van der Waals surface area contributed by atoms with Crippen LogP contribution in [0.4, 0.5) is 0 Å². The molecule has 1 amide bonds. The van der Waals surface area contributed by atoms with Crippen molar-refractivity contribution in [3.8, 4) is 0 Å². The van der Waals surface area contributed by atoms with Crippen LogP contribution in [-0.2, 0) is 11.3 Å². The third kappa shape index (κ3) is 5.15. The van der Waals surface area contributed by atoms with Crippen molar-refractivity contribution in [2.45, 2.75) is 60.0 Å². The van der Waals surface area contributed by atoms with Gasteiger partial charge < -0.3 is 5.32 Å². The zero-order chi connectivity index (χ0) is 18.6. The predicted octanol–water partition coefficient (Wildman–Crippen LogP) is 3.36. The topological polar surface area (TPSA) is 64.0 Å². The number of amides is 1. The number of hydrogen-bond acceptors (Lipinski definition) is 3. The van der Waals surface area contributed by atoms with Crippen LogP contribution in [0.25, 0.3) is 10.8 Å². The fraction of sp³-hybridized carbons (Fsp3) is 0.550. The number of rotatable bonds is 6. The number of hydrogen-bond donors (Lipinski definition) is 1. The molecule has 0 spiro atoms. The first-order valence-corrected chi connectivity index (χ1v) is 8.92. The highest BCUT2D eigenvalue weighted by Crippen LogP contribution is 2.24. The van der Waals surface area contributed by atoms with Gasteiger partial charge in [0.15, 0.2) is 0 Å². The zero-order valence-electron chi connectivity index (χ0n) is 15.9. The van der Waals surface area contributed by atoms with E-state index in [4.69, 9.17) is 0 Å². The Labute approximate surface area is 149 Å². The number of carbonyl (C=O) groups excluding carboxylic acids is 1. The highest BCUT2D eigenvalue weighted by molar-refractivity contribution is 5.81. The molecule has 1 unspecified atom stereocenters. The summed E-state index contributed by atoms with van der Waals surface area (Å²) in [5, 5.41) is 8.60. The lowest BCUT2D eigenvalue weighted by molar-refractivity contribution is -0.123. The van der Waals surface area contributed by atoms with Crippen molar-refractivity contribution in [1.29, 1.82) is 0 Å². The van der Waals surface area contributed by atoms with Crippen LogP contribution in [0.5, 0.6) is 0 Å². The molecule has 0 bridgehead atoms. The third-order valence-electron chi connectivity index (χ3n) is 4.47. The van der Waals surface area contributed by atoms with E-state index in [1.54, 1.807) is 12.3 Å². The maximum Gasteiger partial charge on any atom is 0.275 e. The number of benzene rings is 1. The molecule has 1 heterocycles. The van der Waals surface area contributed by atoms with E-state index in [2.05, 4.69) is 45.0 Å². The van der Waals surface area contributed by atoms with E-state index in [-0.39, 0.29) is 29.5 Å². The Hall–Kier alpha value is -2.17. The van der Waals surface area contributed by atoms with Gasteiger partial charge in [-0.3, -0.25) is 9.59 Å². The van der Waals surface area contributed by atoms with Crippen molar-refractivity contribution in [1.82, 2.24) is 15.1 Å². The maximum absolute atomic E-state index is 12.5. The van der Waals surface area contributed by atoms with Gasteiger partial charge in [-0.1, -0.05) is 52.8 Å². The molecule has 0 aliphatic heterocycles. The molecule has 2 aromatic rings. The first kappa shape index (κ1) is 19.2. The Morgan fingerprint density at radius 2 is 1.88 bits per heavy atom. The summed E-state index contributed by atoms with van der Waals surface area (Å²) in [6.45, 7) is 10.7. The molecular formula is C20H29N3O2. The van der Waals surface area contributed by atoms with E-state index in [1.807, 2.05) is 18.2 Å². The lowest BCUT2D eigenvalue weighted by Gasteiger charge is -2.32. The van der Waals surface area contributed by atoms with Gasteiger partial charge in [-0.25, -0.2) is 4.68 Å². The molecular weight excluding hydrogens is 314 g/mol. The van der Waals surface area contributed by atoms with E-state index in [0.29, 0.717) is 11.3 Å². The second kappa shape index (κ2) is 7.81. The number of fused-ring (bicyclic) bond motifs is 1. The molecule has 1 atom stereocenters. The van der Waals surface area contributed by atoms with Crippen LogP contribution in [0, 0.1) is 11.3 Å². The van der Waals surface area contributed by atoms with Crippen LogP contribution in [0.2, 0.25) is 0 Å². The zero-order valence-corrected chi connectivity index (χ0v) is 15.9. The predicted molar refractivity (Wildman–Crippen MR) is 101 cm³/mol. The highest BCUT2D eigenvalue weighted by Gasteiger charge is 2.26. The summed E-state index contributed by atoms with van der Waals surface area (Å²) in [5.41, 5.74) is -0.269. The quantitative estimate of drug-likeness (QED) is 0.875. The van der Waals surface area contributed by atoms with Crippen molar-refractivity contribution in [3.63, 3.8) is 0 Å². The lowest BCUT2D eigenvalue weighted by Crippen LogP contribution is -2.46. The van der Waals surface area contributed by atoms with E-state index in [9.17, 15) is 9.59 Å². The van der Waals surface area contributed by atoms with Gasteiger partial charge in [0.2, 0.25) is 5.91 Å². The van der Waals surface area contributed by atoms with Gasteiger partial charge in [0.25, 0.3) is 5.56 Å². The van der Waals surface area contributed by atoms with E-state index in [0.717, 1.165) is 18.2 Å². The van der Waals surface area contributed by atoms with Gasteiger partial charge in [0.1, 0.15) is 6.54 Å². The molecule has 0 aliphatic rings. The van der Waals surface area contributed by atoms with Crippen molar-refractivity contribution >= 4 is 16.7 Å². The third-order valence-corrected chi connectivity index (χ3v) is 4.47. The first-order valence-electron chi connectivity index (χ1n) is 8.92. The van der Waals surface area contributed by atoms with Gasteiger partial charge in [-0.05, 0) is 30.2 Å². The standard InChI is InChI=1S/C20H29N3O2/c1-14(2)10-11-17(20(3,4)5)22-18(24)13-23-19(25)16-9-7-6-8-15(16)12-21-23/h6-9,12,14,17H,10-11,13H2,1-5H3,(H,22,24). The van der Waals surface area contributed by atoms with Gasteiger partial charge in [0, 0.05) is 11.4 Å². The SMILES string of the molecule is CC(C)CCC(NC(=O)Cn1ncc2ccccc2c1=O)C(C)(C)C. The molecule has 1 N–H and O–H groups in total. The monoisotopic (exact) mass is 343 g/mol. The molecule has 1 aromatic carbocycles. The number of aromatic nitrogens is 2. The van der Waals surface area contributed by atoms with Gasteiger partial charge >= 0.3 is 0 Å². The minimum absolute atomic E-state index is 0.0354. The Morgan fingerprint density at radius 1 is 1.20 bits per heavy atom. The maximum atomic E-state index is 12.5. The Kier molecular flexibility index (Phi) is 5.98. The summed E-state index contributed by atoms with van der Waals surface area (Å²) < 4.78 is 1.24. The molecule has 5 nitrogen and oxygen atoms in total. The van der Waals surface area contributed by atoms with Crippen molar-refractivity contribution in [2.75, 3.05) is 0 Å². The molecule has 136 valence electrons. The minimum atomic E-state index is -0.234. The summed E-state index contributed by atoms with van der Waals surface area (Å²) in [7, 11) is 0. The minimum Gasteiger partial charge on any atom is -0.351 e. The second-order valence-corrected chi connectivity index (χ2v) is 8.15. The number of nitrogens with one attached hydrogen (secondary N) is 1. The highest BCUT2D eigenvalue weighted by atomic mass is 16.2. The number of nitrogens with zero attached hydrogens (tertiary/aromatic N) is 2. The van der Waals surface area contributed by atoms with Crippen molar-refractivity contribution in [2.24, 2.45) is 11.3 Å². The van der Waals surface area contributed by atoms with Gasteiger partial charge in [-0.2, -0.15) is 5.10 Å².